The first-order valence-electron chi connectivity index (χ1n) is 8.87. The smallest absolute Gasteiger partial charge is 0.198 e. The Kier molecular flexibility index (Phi) is 3.30. The molecule has 25 heavy (non-hydrogen) atoms. The van der Waals surface area contributed by atoms with Gasteiger partial charge in [-0.3, -0.25) is 4.79 Å². The second-order valence-corrected chi connectivity index (χ2v) is 6.94. The van der Waals surface area contributed by atoms with Gasteiger partial charge < -0.3 is 15.0 Å². The Bertz CT molecular complexity index is 953. The Morgan fingerprint density at radius 1 is 1.04 bits per heavy atom. The number of hydrogen-bond donors (Lipinski definition) is 2. The lowest BCUT2D eigenvalue weighted by atomic mass is 9.84. The predicted octanol–water partition coefficient (Wildman–Crippen LogP) is 3.70. The van der Waals surface area contributed by atoms with Crippen molar-refractivity contribution in [2.45, 2.75) is 24.5 Å². The zero-order valence-electron chi connectivity index (χ0n) is 13.9. The molecule has 126 valence electrons. The highest BCUT2D eigenvalue weighted by Gasteiger charge is 2.47. The van der Waals surface area contributed by atoms with Gasteiger partial charge >= 0.3 is 0 Å². The third kappa shape index (κ3) is 2.18. The second kappa shape index (κ2) is 5.55. The second-order valence-electron chi connectivity index (χ2n) is 6.94. The average Bonchev–Trinajstić information content (AvgIpc) is 3.23. The zero-order chi connectivity index (χ0) is 16.9. The van der Waals surface area contributed by atoms with E-state index in [1.165, 1.54) is 5.56 Å². The number of carbonyl (C=O) groups is 1. The molecule has 0 radical (unpaired) electrons. The molecule has 1 saturated heterocycles. The van der Waals surface area contributed by atoms with Crippen LogP contribution in [0.4, 0.5) is 0 Å². The van der Waals surface area contributed by atoms with Crippen molar-refractivity contribution in [1.82, 2.24) is 10.3 Å². The number of H-pyrrole nitrogens is 1. The van der Waals surface area contributed by atoms with Gasteiger partial charge in [0.1, 0.15) is 6.10 Å². The van der Waals surface area contributed by atoms with Crippen LogP contribution in [-0.2, 0) is 10.3 Å². The number of Topliss-reactive ketones (excluding diaryl/α,β-unsaturated/α-hetero) is 1. The van der Waals surface area contributed by atoms with Gasteiger partial charge in [0.2, 0.25) is 0 Å². The fourth-order valence-electron chi connectivity index (χ4n) is 4.32. The minimum atomic E-state index is -0.520. The highest BCUT2D eigenvalue weighted by atomic mass is 16.5. The molecule has 3 heterocycles. The Morgan fingerprint density at radius 3 is 2.68 bits per heavy atom. The summed E-state index contributed by atoms with van der Waals surface area (Å²) in [5.41, 5.74) is 3.58. The molecule has 0 aliphatic carbocycles. The van der Waals surface area contributed by atoms with Crippen molar-refractivity contribution in [3.63, 3.8) is 0 Å². The van der Waals surface area contributed by atoms with E-state index in [2.05, 4.69) is 16.4 Å². The minimum absolute atomic E-state index is 0.0420. The SMILES string of the molecule is O=C(c1c[nH]c2ccccc12)[C@@H]1OC2(CCNCC2)c2ccccc21. The molecule has 0 saturated carbocycles. The molecule has 0 amide bonds. The topological polar surface area (TPSA) is 54.1 Å². The number of para-hydroxylation sites is 1. The maximum atomic E-state index is 13.4. The van der Waals surface area contributed by atoms with Crippen LogP contribution in [0.25, 0.3) is 10.9 Å². The molecule has 0 bridgehead atoms. The zero-order valence-corrected chi connectivity index (χ0v) is 13.9. The van der Waals surface area contributed by atoms with Gasteiger partial charge in [-0.2, -0.15) is 0 Å². The van der Waals surface area contributed by atoms with Crippen LogP contribution < -0.4 is 5.32 Å². The van der Waals surface area contributed by atoms with Gasteiger partial charge in [-0.25, -0.2) is 0 Å². The highest BCUT2D eigenvalue weighted by Crippen LogP contribution is 2.49. The molecule has 1 atom stereocenters. The summed E-state index contributed by atoms with van der Waals surface area (Å²) < 4.78 is 6.49. The Labute approximate surface area is 146 Å². The monoisotopic (exact) mass is 332 g/mol. The molecule has 4 heteroatoms. The summed E-state index contributed by atoms with van der Waals surface area (Å²) in [6.45, 7) is 1.84. The summed E-state index contributed by atoms with van der Waals surface area (Å²) >= 11 is 0. The standard InChI is InChI=1S/C21H20N2O2/c24-19(16-13-23-18-8-4-2-5-14(16)18)20-15-6-1-3-7-17(15)21(25-20)9-11-22-12-10-21/h1-8,13,20,22-23H,9-12H2/t20-/m1/s1. The molecule has 2 N–H and O–H groups in total. The number of carbonyl (C=O) groups excluding carboxylic acids is 1. The molecule has 3 aromatic rings. The molecule has 1 fully saturated rings. The van der Waals surface area contributed by atoms with Gasteiger partial charge in [-0.05, 0) is 43.1 Å². The van der Waals surface area contributed by atoms with Gasteiger partial charge in [-0.1, -0.05) is 42.5 Å². The van der Waals surface area contributed by atoms with Crippen LogP contribution >= 0.6 is 0 Å². The number of aromatic nitrogens is 1. The van der Waals surface area contributed by atoms with Crippen molar-refractivity contribution >= 4 is 16.7 Å². The summed E-state index contributed by atoms with van der Waals surface area (Å²) in [5, 5.41) is 4.35. The lowest BCUT2D eigenvalue weighted by Gasteiger charge is -2.34. The molecule has 0 unspecified atom stereocenters. The predicted molar refractivity (Wildman–Crippen MR) is 96.7 cm³/mol. The minimum Gasteiger partial charge on any atom is -0.360 e. The van der Waals surface area contributed by atoms with Crippen LogP contribution in [0.15, 0.2) is 54.7 Å². The Balaban J connectivity index is 1.59. The van der Waals surface area contributed by atoms with E-state index < -0.39 is 6.10 Å². The summed E-state index contributed by atoms with van der Waals surface area (Å²) in [4.78, 5) is 16.6. The van der Waals surface area contributed by atoms with Crippen molar-refractivity contribution < 1.29 is 9.53 Å². The molecule has 4 nitrogen and oxygen atoms in total. The van der Waals surface area contributed by atoms with E-state index in [-0.39, 0.29) is 11.4 Å². The Hall–Kier alpha value is -2.43. The van der Waals surface area contributed by atoms with Crippen LogP contribution in [0.2, 0.25) is 0 Å². The maximum Gasteiger partial charge on any atom is 0.198 e. The van der Waals surface area contributed by atoms with E-state index in [4.69, 9.17) is 4.74 Å². The normalized spacial score (nSPS) is 21.5. The van der Waals surface area contributed by atoms with E-state index in [1.807, 2.05) is 48.7 Å². The van der Waals surface area contributed by atoms with Crippen LogP contribution in [0.1, 0.15) is 40.4 Å². The number of benzene rings is 2. The quantitative estimate of drug-likeness (QED) is 0.704. The molecule has 2 aromatic carbocycles. The van der Waals surface area contributed by atoms with Gasteiger partial charge in [0.15, 0.2) is 5.78 Å². The van der Waals surface area contributed by atoms with Gasteiger partial charge in [0, 0.05) is 22.7 Å². The van der Waals surface area contributed by atoms with Crippen LogP contribution in [0.3, 0.4) is 0 Å². The van der Waals surface area contributed by atoms with Crippen molar-refractivity contribution in [1.29, 1.82) is 0 Å². The van der Waals surface area contributed by atoms with Crippen LogP contribution in [0, 0.1) is 0 Å². The molecular weight excluding hydrogens is 312 g/mol. The summed E-state index contributed by atoms with van der Waals surface area (Å²) in [7, 11) is 0. The fraction of sp³-hybridized carbons (Fsp3) is 0.286. The number of fused-ring (bicyclic) bond motifs is 3. The van der Waals surface area contributed by atoms with Crippen LogP contribution in [-0.4, -0.2) is 23.9 Å². The maximum absolute atomic E-state index is 13.4. The van der Waals surface area contributed by atoms with Crippen molar-refractivity contribution in [3.05, 3.63) is 71.4 Å². The van der Waals surface area contributed by atoms with Gasteiger partial charge in [0.25, 0.3) is 0 Å². The first kappa shape index (κ1) is 14.9. The lowest BCUT2D eigenvalue weighted by molar-refractivity contribution is -0.0805. The molecule has 2 aliphatic heterocycles. The molecule has 1 aromatic heterocycles. The number of aromatic amines is 1. The van der Waals surface area contributed by atoms with E-state index in [9.17, 15) is 4.79 Å². The first-order valence-corrected chi connectivity index (χ1v) is 8.87. The summed E-state index contributed by atoms with van der Waals surface area (Å²) in [6.07, 6.45) is 3.10. The number of nitrogens with one attached hydrogen (secondary N) is 2. The third-order valence-electron chi connectivity index (χ3n) is 5.58. The lowest BCUT2D eigenvalue weighted by Crippen LogP contribution is -2.40. The van der Waals surface area contributed by atoms with Crippen molar-refractivity contribution in [2.24, 2.45) is 0 Å². The van der Waals surface area contributed by atoms with E-state index in [0.717, 1.165) is 42.4 Å². The molecule has 5 rings (SSSR count). The number of ether oxygens (including phenoxy) is 1. The van der Waals surface area contributed by atoms with Gasteiger partial charge in [-0.15, -0.1) is 0 Å². The summed E-state index contributed by atoms with van der Waals surface area (Å²) in [5.74, 6) is 0.0420. The number of piperidine rings is 1. The van der Waals surface area contributed by atoms with E-state index in [0.29, 0.717) is 5.56 Å². The first-order chi connectivity index (χ1) is 12.3. The molecule has 2 aliphatic rings. The fourth-order valence-corrected chi connectivity index (χ4v) is 4.32. The van der Waals surface area contributed by atoms with E-state index >= 15 is 0 Å². The molecular formula is C21H20N2O2. The highest BCUT2D eigenvalue weighted by molar-refractivity contribution is 6.10. The summed E-state index contributed by atoms with van der Waals surface area (Å²) in [6, 6.07) is 16.1. The van der Waals surface area contributed by atoms with E-state index in [1.54, 1.807) is 0 Å². The van der Waals surface area contributed by atoms with Crippen molar-refractivity contribution in [3.8, 4) is 0 Å². The average molecular weight is 332 g/mol. The molecule has 1 spiro atoms. The van der Waals surface area contributed by atoms with Gasteiger partial charge in [0.05, 0.1) is 5.60 Å². The largest absolute Gasteiger partial charge is 0.360 e. The number of rotatable bonds is 2. The third-order valence-corrected chi connectivity index (χ3v) is 5.58. The van der Waals surface area contributed by atoms with Crippen molar-refractivity contribution in [2.75, 3.05) is 13.1 Å². The Morgan fingerprint density at radius 2 is 1.80 bits per heavy atom. The number of hydrogen-bond acceptors (Lipinski definition) is 3. The number of ketones is 1. The van der Waals surface area contributed by atoms with Crippen LogP contribution in [0.5, 0.6) is 0 Å².